The number of benzene rings is 1. The summed E-state index contributed by atoms with van der Waals surface area (Å²) >= 11 is 1.50. The summed E-state index contributed by atoms with van der Waals surface area (Å²) in [4.78, 5) is 30.2. The van der Waals surface area contributed by atoms with Crippen molar-refractivity contribution in [2.75, 3.05) is 5.32 Å². The monoisotopic (exact) mass is 379 g/mol. The standard InChI is InChI=1S/C19H17N5O2S/c1-12-5-7-14(8-6-12)20-16(25)11-23-13(2)10-17(26)24-19(23)21-18(22-24)15-4-3-9-27-15/h3-10H,11H2,1-2H3,(H,20,25). The molecule has 0 bridgehead atoms. The van der Waals surface area contributed by atoms with Gasteiger partial charge in [-0.1, -0.05) is 23.8 Å². The van der Waals surface area contributed by atoms with Gasteiger partial charge in [-0.25, -0.2) is 0 Å². The van der Waals surface area contributed by atoms with E-state index >= 15 is 0 Å². The summed E-state index contributed by atoms with van der Waals surface area (Å²) in [7, 11) is 0. The summed E-state index contributed by atoms with van der Waals surface area (Å²) in [5.74, 6) is 0.621. The van der Waals surface area contributed by atoms with Gasteiger partial charge in [0.05, 0.1) is 4.88 Å². The molecule has 7 nitrogen and oxygen atoms in total. The third kappa shape index (κ3) is 3.39. The van der Waals surface area contributed by atoms with Gasteiger partial charge < -0.3 is 9.88 Å². The normalized spacial score (nSPS) is 11.0. The number of fused-ring (bicyclic) bond motifs is 1. The predicted molar refractivity (Wildman–Crippen MR) is 105 cm³/mol. The van der Waals surface area contributed by atoms with Gasteiger partial charge in [0, 0.05) is 17.4 Å². The van der Waals surface area contributed by atoms with E-state index in [0.29, 0.717) is 17.3 Å². The molecule has 1 aromatic carbocycles. The summed E-state index contributed by atoms with van der Waals surface area (Å²) in [6, 6.07) is 12.8. The van der Waals surface area contributed by atoms with E-state index in [9.17, 15) is 9.59 Å². The minimum Gasteiger partial charge on any atom is -0.325 e. The molecule has 0 atom stereocenters. The van der Waals surface area contributed by atoms with Crippen LogP contribution >= 0.6 is 11.3 Å². The number of carbonyl (C=O) groups excluding carboxylic acids is 1. The first kappa shape index (κ1) is 17.2. The van der Waals surface area contributed by atoms with Crippen LogP contribution < -0.4 is 10.9 Å². The predicted octanol–water partition coefficient (Wildman–Crippen LogP) is 2.88. The number of rotatable bonds is 4. The lowest BCUT2D eigenvalue weighted by Crippen LogP contribution is -2.25. The Morgan fingerprint density at radius 2 is 1.96 bits per heavy atom. The lowest BCUT2D eigenvalue weighted by atomic mass is 10.2. The molecule has 4 rings (SSSR count). The van der Waals surface area contributed by atoms with Crippen molar-refractivity contribution in [3.63, 3.8) is 0 Å². The molecule has 0 aliphatic carbocycles. The van der Waals surface area contributed by atoms with E-state index in [0.717, 1.165) is 16.1 Å². The fourth-order valence-electron chi connectivity index (χ4n) is 2.79. The Bertz CT molecular complexity index is 1170. The number of thiophene rings is 1. The van der Waals surface area contributed by atoms with Crippen LogP contribution in [-0.4, -0.2) is 25.1 Å². The summed E-state index contributed by atoms with van der Waals surface area (Å²) in [5, 5.41) is 9.10. The number of amides is 1. The first-order valence-electron chi connectivity index (χ1n) is 8.39. The zero-order valence-corrected chi connectivity index (χ0v) is 15.7. The molecule has 0 saturated carbocycles. The average Bonchev–Trinajstić information content (AvgIpc) is 3.30. The Kier molecular flexibility index (Phi) is 4.33. The Hall–Kier alpha value is -3.26. The number of nitrogens with one attached hydrogen (secondary N) is 1. The van der Waals surface area contributed by atoms with Gasteiger partial charge in [-0.05, 0) is 37.4 Å². The minimum atomic E-state index is -0.270. The molecule has 3 heterocycles. The van der Waals surface area contributed by atoms with Crippen molar-refractivity contribution in [3.8, 4) is 10.7 Å². The number of nitrogens with zero attached hydrogens (tertiary/aromatic N) is 4. The van der Waals surface area contributed by atoms with Crippen LogP contribution in [0, 0.1) is 13.8 Å². The first-order chi connectivity index (χ1) is 13.0. The summed E-state index contributed by atoms with van der Waals surface area (Å²) in [6.07, 6.45) is 0. The van der Waals surface area contributed by atoms with Crippen LogP contribution in [0.5, 0.6) is 0 Å². The fraction of sp³-hybridized carbons (Fsp3) is 0.158. The van der Waals surface area contributed by atoms with Gasteiger partial charge in [-0.2, -0.15) is 9.50 Å². The van der Waals surface area contributed by atoms with Gasteiger partial charge >= 0.3 is 0 Å². The molecule has 136 valence electrons. The van der Waals surface area contributed by atoms with Crippen molar-refractivity contribution < 1.29 is 4.79 Å². The van der Waals surface area contributed by atoms with Crippen LogP contribution in [0.25, 0.3) is 16.5 Å². The molecular weight excluding hydrogens is 362 g/mol. The SMILES string of the molecule is Cc1ccc(NC(=O)Cn2c(C)cc(=O)n3nc(-c4cccs4)nc23)cc1. The van der Waals surface area contributed by atoms with Gasteiger partial charge in [0.25, 0.3) is 5.56 Å². The maximum absolute atomic E-state index is 12.5. The number of carbonyl (C=O) groups is 1. The molecule has 0 saturated heterocycles. The van der Waals surface area contributed by atoms with Crippen molar-refractivity contribution in [1.82, 2.24) is 19.2 Å². The number of hydrogen-bond donors (Lipinski definition) is 1. The van der Waals surface area contributed by atoms with E-state index in [1.165, 1.54) is 21.9 Å². The van der Waals surface area contributed by atoms with E-state index in [-0.39, 0.29) is 18.0 Å². The van der Waals surface area contributed by atoms with Crippen LogP contribution in [0.15, 0.2) is 52.6 Å². The van der Waals surface area contributed by atoms with Crippen molar-refractivity contribution >= 4 is 28.7 Å². The Labute approximate surface area is 158 Å². The highest BCUT2D eigenvalue weighted by Gasteiger charge is 2.16. The molecule has 27 heavy (non-hydrogen) atoms. The maximum atomic E-state index is 12.5. The molecule has 4 aromatic rings. The zero-order valence-electron chi connectivity index (χ0n) is 14.8. The lowest BCUT2D eigenvalue weighted by Gasteiger charge is -2.11. The van der Waals surface area contributed by atoms with Gasteiger partial charge in [0.2, 0.25) is 11.7 Å². The van der Waals surface area contributed by atoms with E-state index < -0.39 is 0 Å². The first-order valence-corrected chi connectivity index (χ1v) is 9.27. The Morgan fingerprint density at radius 1 is 1.19 bits per heavy atom. The largest absolute Gasteiger partial charge is 0.325 e. The maximum Gasteiger partial charge on any atom is 0.275 e. The molecule has 1 amide bonds. The third-order valence-electron chi connectivity index (χ3n) is 4.18. The lowest BCUT2D eigenvalue weighted by molar-refractivity contribution is -0.116. The van der Waals surface area contributed by atoms with Crippen LogP contribution in [-0.2, 0) is 11.3 Å². The molecule has 0 aliphatic rings. The molecule has 0 unspecified atom stereocenters. The molecule has 0 radical (unpaired) electrons. The summed E-state index contributed by atoms with van der Waals surface area (Å²) in [6.45, 7) is 3.80. The van der Waals surface area contributed by atoms with E-state index in [2.05, 4.69) is 15.4 Å². The second-order valence-corrected chi connectivity index (χ2v) is 7.20. The van der Waals surface area contributed by atoms with Crippen molar-refractivity contribution in [1.29, 1.82) is 0 Å². The topological polar surface area (TPSA) is 81.3 Å². The highest BCUT2D eigenvalue weighted by atomic mass is 32.1. The highest BCUT2D eigenvalue weighted by molar-refractivity contribution is 7.13. The second-order valence-electron chi connectivity index (χ2n) is 6.25. The molecule has 0 fully saturated rings. The Balaban J connectivity index is 1.69. The third-order valence-corrected chi connectivity index (χ3v) is 5.04. The molecule has 0 aliphatic heterocycles. The van der Waals surface area contributed by atoms with Crippen molar-refractivity contribution in [2.24, 2.45) is 0 Å². The second kappa shape index (κ2) is 6.81. The summed E-state index contributed by atoms with van der Waals surface area (Å²) in [5.41, 5.74) is 2.22. The number of hydrogen-bond acceptors (Lipinski definition) is 5. The average molecular weight is 379 g/mol. The van der Waals surface area contributed by atoms with Crippen LogP contribution in [0.2, 0.25) is 0 Å². The number of aromatic nitrogens is 4. The van der Waals surface area contributed by atoms with E-state index in [1.807, 2.05) is 48.7 Å². The van der Waals surface area contributed by atoms with Crippen LogP contribution in [0.1, 0.15) is 11.3 Å². The van der Waals surface area contributed by atoms with Gasteiger partial charge in [-0.3, -0.25) is 9.59 Å². The summed E-state index contributed by atoms with van der Waals surface area (Å²) < 4.78 is 2.93. The molecule has 3 aromatic heterocycles. The number of anilines is 1. The van der Waals surface area contributed by atoms with Crippen molar-refractivity contribution in [2.45, 2.75) is 20.4 Å². The molecule has 8 heteroatoms. The van der Waals surface area contributed by atoms with Crippen LogP contribution in [0.3, 0.4) is 0 Å². The zero-order chi connectivity index (χ0) is 19.0. The molecule has 0 spiro atoms. The Morgan fingerprint density at radius 3 is 2.67 bits per heavy atom. The fourth-order valence-corrected chi connectivity index (χ4v) is 3.44. The quantitative estimate of drug-likeness (QED) is 0.591. The molecule has 1 N–H and O–H groups in total. The van der Waals surface area contributed by atoms with Gasteiger partial charge in [0.15, 0.2) is 5.82 Å². The smallest absolute Gasteiger partial charge is 0.275 e. The molecular formula is C19H17N5O2S. The van der Waals surface area contributed by atoms with Gasteiger partial charge in [-0.15, -0.1) is 16.4 Å². The van der Waals surface area contributed by atoms with Crippen molar-refractivity contribution in [3.05, 3.63) is 69.5 Å². The minimum absolute atomic E-state index is 0.0338. The van der Waals surface area contributed by atoms with Gasteiger partial charge in [0.1, 0.15) is 6.54 Å². The van der Waals surface area contributed by atoms with Crippen LogP contribution in [0.4, 0.5) is 5.69 Å². The van der Waals surface area contributed by atoms with E-state index in [4.69, 9.17) is 0 Å². The van der Waals surface area contributed by atoms with E-state index in [1.54, 1.807) is 11.5 Å². The highest BCUT2D eigenvalue weighted by Crippen LogP contribution is 2.21. The number of aryl methyl sites for hydroxylation is 2.